The second-order valence-electron chi connectivity index (χ2n) is 7.03. The summed E-state index contributed by atoms with van der Waals surface area (Å²) < 4.78 is 10.6. The van der Waals surface area contributed by atoms with Gasteiger partial charge in [-0.3, -0.25) is 4.79 Å². The second-order valence-corrected chi connectivity index (χ2v) is 7.03. The topological polar surface area (TPSA) is 88.8 Å². The highest BCUT2D eigenvalue weighted by Gasteiger charge is 2.29. The van der Waals surface area contributed by atoms with Crippen molar-refractivity contribution in [1.29, 1.82) is 0 Å². The number of fused-ring (bicyclic) bond motifs is 3. The van der Waals surface area contributed by atoms with Crippen LogP contribution in [0.2, 0.25) is 0 Å². The number of hydrogen-bond donors (Lipinski definition) is 2. The van der Waals surface area contributed by atoms with E-state index in [0.29, 0.717) is 5.76 Å². The lowest BCUT2D eigenvalue weighted by Crippen LogP contribution is -2.35. The fourth-order valence-electron chi connectivity index (χ4n) is 3.77. The van der Waals surface area contributed by atoms with E-state index in [1.165, 1.54) is 6.26 Å². The maximum absolute atomic E-state index is 12.2. The number of carbonyl (C=O) groups is 2. The molecule has 148 valence electrons. The predicted octanol–water partition coefficient (Wildman–Crippen LogP) is 4.06. The minimum atomic E-state index is -1.000. The van der Waals surface area contributed by atoms with Gasteiger partial charge >= 0.3 is 12.1 Å². The zero-order valence-corrected chi connectivity index (χ0v) is 15.7. The molecule has 0 spiro atoms. The Morgan fingerprint density at radius 1 is 1.00 bits per heavy atom. The SMILES string of the molecule is O=C(NC[C@@H](Cc1ccco1)C(=O)O)OCC1c2ccccc2-c2ccccc21. The van der Waals surface area contributed by atoms with E-state index < -0.39 is 18.0 Å². The number of ether oxygens (including phenoxy) is 1. The summed E-state index contributed by atoms with van der Waals surface area (Å²) >= 11 is 0. The van der Waals surface area contributed by atoms with Gasteiger partial charge in [0.1, 0.15) is 12.4 Å². The van der Waals surface area contributed by atoms with Crippen molar-refractivity contribution in [3.8, 4) is 11.1 Å². The minimum absolute atomic E-state index is 0.0350. The van der Waals surface area contributed by atoms with E-state index in [1.807, 2.05) is 36.4 Å². The Morgan fingerprint density at radius 3 is 2.24 bits per heavy atom. The summed E-state index contributed by atoms with van der Waals surface area (Å²) in [5.74, 6) is -1.26. The molecule has 1 aliphatic rings. The van der Waals surface area contributed by atoms with Crippen molar-refractivity contribution >= 4 is 12.1 Å². The summed E-state index contributed by atoms with van der Waals surface area (Å²) in [4.78, 5) is 23.6. The third-order valence-electron chi connectivity index (χ3n) is 5.21. The zero-order valence-electron chi connectivity index (χ0n) is 15.7. The number of rotatable bonds is 7. The molecule has 6 heteroatoms. The molecule has 2 N–H and O–H groups in total. The molecule has 1 heterocycles. The first-order valence-electron chi connectivity index (χ1n) is 9.47. The van der Waals surface area contributed by atoms with E-state index in [0.717, 1.165) is 22.3 Å². The zero-order chi connectivity index (χ0) is 20.2. The molecule has 1 amide bonds. The molecule has 2 aromatic carbocycles. The highest BCUT2D eigenvalue weighted by atomic mass is 16.5. The maximum atomic E-state index is 12.2. The van der Waals surface area contributed by atoms with Gasteiger partial charge in [-0.1, -0.05) is 48.5 Å². The number of furan rings is 1. The monoisotopic (exact) mass is 391 g/mol. The number of hydrogen-bond acceptors (Lipinski definition) is 4. The molecular formula is C23H21NO5. The Morgan fingerprint density at radius 2 is 1.66 bits per heavy atom. The van der Waals surface area contributed by atoms with Crippen LogP contribution in [0.15, 0.2) is 71.3 Å². The molecule has 0 unspecified atom stereocenters. The van der Waals surface area contributed by atoms with Gasteiger partial charge in [-0.2, -0.15) is 0 Å². The molecule has 0 bridgehead atoms. The molecule has 6 nitrogen and oxygen atoms in total. The Labute approximate surface area is 168 Å². The molecule has 1 atom stereocenters. The van der Waals surface area contributed by atoms with Crippen LogP contribution in [0.1, 0.15) is 22.8 Å². The van der Waals surface area contributed by atoms with Gasteiger partial charge in [0.05, 0.1) is 12.2 Å². The third kappa shape index (κ3) is 4.01. The average molecular weight is 391 g/mol. The van der Waals surface area contributed by atoms with E-state index in [9.17, 15) is 14.7 Å². The van der Waals surface area contributed by atoms with E-state index >= 15 is 0 Å². The van der Waals surface area contributed by atoms with Crippen LogP contribution in [0.25, 0.3) is 11.1 Å². The molecule has 0 radical (unpaired) electrons. The number of carbonyl (C=O) groups excluding carboxylic acids is 1. The van der Waals surface area contributed by atoms with Gasteiger partial charge < -0.3 is 19.6 Å². The lowest BCUT2D eigenvalue weighted by molar-refractivity contribution is -0.141. The third-order valence-corrected chi connectivity index (χ3v) is 5.21. The van der Waals surface area contributed by atoms with Gasteiger partial charge in [0, 0.05) is 18.9 Å². The number of nitrogens with one attached hydrogen (secondary N) is 1. The lowest BCUT2D eigenvalue weighted by atomic mass is 9.98. The molecule has 4 rings (SSSR count). The molecule has 29 heavy (non-hydrogen) atoms. The number of amides is 1. The predicted molar refractivity (Wildman–Crippen MR) is 107 cm³/mol. The van der Waals surface area contributed by atoms with Crippen molar-refractivity contribution in [2.24, 2.45) is 5.92 Å². The molecule has 1 aliphatic carbocycles. The molecule has 0 fully saturated rings. The fraction of sp³-hybridized carbons (Fsp3) is 0.217. The summed E-state index contributed by atoms with van der Waals surface area (Å²) in [6, 6.07) is 19.6. The number of carboxylic acids is 1. The van der Waals surface area contributed by atoms with Gasteiger partial charge in [-0.15, -0.1) is 0 Å². The van der Waals surface area contributed by atoms with Crippen LogP contribution in [-0.4, -0.2) is 30.3 Å². The number of carboxylic acid groups (broad SMARTS) is 1. The van der Waals surface area contributed by atoms with Crippen molar-refractivity contribution < 1.29 is 23.8 Å². The summed E-state index contributed by atoms with van der Waals surface area (Å²) in [5, 5.41) is 11.9. The highest BCUT2D eigenvalue weighted by Crippen LogP contribution is 2.44. The van der Waals surface area contributed by atoms with E-state index in [2.05, 4.69) is 17.4 Å². The van der Waals surface area contributed by atoms with Crippen LogP contribution in [0.3, 0.4) is 0 Å². The fourth-order valence-corrected chi connectivity index (χ4v) is 3.77. The van der Waals surface area contributed by atoms with Crippen LogP contribution in [0.5, 0.6) is 0 Å². The van der Waals surface area contributed by atoms with Crippen LogP contribution >= 0.6 is 0 Å². The van der Waals surface area contributed by atoms with Crippen LogP contribution in [0, 0.1) is 5.92 Å². The van der Waals surface area contributed by atoms with Crippen molar-refractivity contribution in [2.75, 3.05) is 13.2 Å². The minimum Gasteiger partial charge on any atom is -0.481 e. The molecule has 0 saturated carbocycles. The second kappa shape index (κ2) is 8.22. The van der Waals surface area contributed by atoms with Gasteiger partial charge in [-0.25, -0.2) is 4.79 Å². The van der Waals surface area contributed by atoms with Gasteiger partial charge in [0.25, 0.3) is 0 Å². The van der Waals surface area contributed by atoms with Crippen molar-refractivity contribution in [3.63, 3.8) is 0 Å². The quantitative estimate of drug-likeness (QED) is 0.634. The molecule has 0 saturated heterocycles. The van der Waals surface area contributed by atoms with Gasteiger partial charge in [0.15, 0.2) is 0 Å². The van der Waals surface area contributed by atoms with Crippen LogP contribution in [-0.2, 0) is 16.0 Å². The van der Waals surface area contributed by atoms with E-state index in [1.54, 1.807) is 12.1 Å². The van der Waals surface area contributed by atoms with Crippen LogP contribution in [0.4, 0.5) is 4.79 Å². The van der Waals surface area contributed by atoms with Crippen molar-refractivity contribution in [3.05, 3.63) is 83.8 Å². The molecule has 3 aromatic rings. The number of benzene rings is 2. The Kier molecular flexibility index (Phi) is 5.33. The molecule has 0 aliphatic heterocycles. The van der Waals surface area contributed by atoms with Crippen LogP contribution < -0.4 is 5.32 Å². The lowest BCUT2D eigenvalue weighted by Gasteiger charge is -2.16. The Balaban J connectivity index is 1.37. The highest BCUT2D eigenvalue weighted by molar-refractivity contribution is 5.79. The van der Waals surface area contributed by atoms with E-state index in [-0.39, 0.29) is 25.5 Å². The molecular weight excluding hydrogens is 370 g/mol. The first kappa shape index (κ1) is 18.8. The van der Waals surface area contributed by atoms with Gasteiger partial charge in [-0.05, 0) is 34.4 Å². The van der Waals surface area contributed by atoms with Crippen molar-refractivity contribution in [2.45, 2.75) is 12.3 Å². The largest absolute Gasteiger partial charge is 0.481 e. The number of aliphatic carboxylic acids is 1. The summed E-state index contributed by atoms with van der Waals surface area (Å²) in [6.45, 7) is 0.155. The first-order valence-corrected chi connectivity index (χ1v) is 9.47. The smallest absolute Gasteiger partial charge is 0.407 e. The Bertz CT molecular complexity index is 966. The van der Waals surface area contributed by atoms with Crippen molar-refractivity contribution in [1.82, 2.24) is 5.32 Å². The number of alkyl carbamates (subject to hydrolysis) is 1. The molecule has 1 aromatic heterocycles. The summed E-state index contributed by atoms with van der Waals surface area (Å²) in [5.41, 5.74) is 4.56. The first-order chi connectivity index (χ1) is 14.1. The summed E-state index contributed by atoms with van der Waals surface area (Å²) in [6.07, 6.45) is 1.07. The standard InChI is InChI=1S/C23H21NO5/c25-22(26)15(12-16-6-5-11-28-16)13-24-23(27)29-14-21-19-9-3-1-7-17(19)18-8-2-4-10-20(18)21/h1-11,15,21H,12-14H2,(H,24,27)(H,25,26)/t15-/m1/s1. The Hall–Kier alpha value is -3.54. The maximum Gasteiger partial charge on any atom is 0.407 e. The van der Waals surface area contributed by atoms with Gasteiger partial charge in [0.2, 0.25) is 0 Å². The summed E-state index contributed by atoms with van der Waals surface area (Å²) in [7, 11) is 0. The average Bonchev–Trinajstić information content (AvgIpc) is 3.35. The van der Waals surface area contributed by atoms with E-state index in [4.69, 9.17) is 9.15 Å². The normalized spacial score (nSPS) is 13.4.